The van der Waals surface area contributed by atoms with E-state index in [2.05, 4.69) is 75.3 Å². The number of fused-ring (bicyclic) bond motifs is 1. The van der Waals surface area contributed by atoms with Gasteiger partial charge in [-0.25, -0.2) is 0 Å². The van der Waals surface area contributed by atoms with Crippen molar-refractivity contribution in [3.05, 3.63) is 95.1 Å². The van der Waals surface area contributed by atoms with Gasteiger partial charge in [-0.1, -0.05) is 90.1 Å². The molecule has 0 radical (unpaired) electrons. The Morgan fingerprint density at radius 2 is 1.43 bits per heavy atom. The number of carbonyl (C=O) groups excluding carboxylic acids is 2. The molecule has 4 aromatic rings. The van der Waals surface area contributed by atoms with Crippen molar-refractivity contribution in [1.29, 1.82) is 0 Å². The molecule has 0 aliphatic heterocycles. The lowest BCUT2D eigenvalue weighted by atomic mass is 9.76. The van der Waals surface area contributed by atoms with Gasteiger partial charge in [-0.2, -0.15) is 0 Å². The van der Waals surface area contributed by atoms with Crippen LogP contribution in [0.25, 0.3) is 10.8 Å². The van der Waals surface area contributed by atoms with Crippen LogP contribution in [0.3, 0.4) is 0 Å². The largest absolute Gasteiger partial charge is 0.506 e. The minimum Gasteiger partial charge on any atom is -0.506 e. The molecule has 0 aliphatic rings. The number of ether oxygens (including phenoxy) is 1. The van der Waals surface area contributed by atoms with Crippen LogP contribution in [0.4, 0.5) is 11.4 Å². The Bertz CT molecular complexity index is 1740. The van der Waals surface area contributed by atoms with E-state index >= 15 is 0 Å². The standard InChI is InChI=1S/C39H47N3O4/c1-8-38(4,5)27-20-21-35(32(24-27)39(6,7)9-2)46-23-15-14-22-40-37(45)31-25-34(29-17-10-11-18-30(29)36(31)44)42-41-33-19-13-12-16-28(33)26(3)43/h10-13,16-21,24-25,44H,8-9,14-15,22-23H2,1-7H3,(H,40,45)/b42-41+. The number of Topliss-reactive ketones (excluding diaryl/α,β-unsaturated/α-hetero) is 1. The highest BCUT2D eigenvalue weighted by molar-refractivity contribution is 6.07. The van der Waals surface area contributed by atoms with Crippen molar-refractivity contribution in [3.8, 4) is 11.5 Å². The van der Waals surface area contributed by atoms with Crippen molar-refractivity contribution in [2.24, 2.45) is 10.2 Å². The molecular formula is C39H47N3O4. The van der Waals surface area contributed by atoms with Crippen molar-refractivity contribution < 1.29 is 19.4 Å². The maximum Gasteiger partial charge on any atom is 0.255 e. The third-order valence-electron chi connectivity index (χ3n) is 9.16. The Hall–Kier alpha value is -4.52. The van der Waals surface area contributed by atoms with E-state index in [1.54, 1.807) is 36.4 Å². The molecule has 1 amide bonds. The molecule has 0 bridgehead atoms. The van der Waals surface area contributed by atoms with Gasteiger partial charge in [-0.3, -0.25) is 9.59 Å². The first-order valence-electron chi connectivity index (χ1n) is 16.2. The second kappa shape index (κ2) is 14.7. The zero-order valence-electron chi connectivity index (χ0n) is 28.2. The number of amides is 1. The maximum absolute atomic E-state index is 13.2. The number of nitrogens with one attached hydrogen (secondary N) is 1. The Kier molecular flexibility index (Phi) is 11.0. The SMILES string of the molecule is CCC(C)(C)c1ccc(OCCCCNC(=O)c2cc(/N=N/c3ccccc3C(C)=O)c3ccccc3c2O)c(C(C)(C)CC)c1. The normalized spacial score (nSPS) is 12.1. The van der Waals surface area contributed by atoms with Crippen LogP contribution < -0.4 is 10.1 Å². The number of carbonyl (C=O) groups is 2. The molecule has 7 nitrogen and oxygen atoms in total. The second-order valence-electron chi connectivity index (χ2n) is 13.1. The van der Waals surface area contributed by atoms with E-state index in [0.717, 1.165) is 25.0 Å². The first kappa shape index (κ1) is 34.4. The lowest BCUT2D eigenvalue weighted by Gasteiger charge is -2.30. The average molecular weight is 622 g/mol. The number of unbranched alkanes of at least 4 members (excludes halogenated alkanes) is 1. The van der Waals surface area contributed by atoms with E-state index in [9.17, 15) is 14.7 Å². The zero-order valence-corrected chi connectivity index (χ0v) is 28.2. The molecule has 0 unspecified atom stereocenters. The van der Waals surface area contributed by atoms with Gasteiger partial charge >= 0.3 is 0 Å². The van der Waals surface area contributed by atoms with Crippen LogP contribution in [-0.2, 0) is 10.8 Å². The summed E-state index contributed by atoms with van der Waals surface area (Å²) in [6, 6.07) is 22.3. The Labute approximate surface area is 273 Å². The summed E-state index contributed by atoms with van der Waals surface area (Å²) in [6.45, 7) is 15.9. The van der Waals surface area contributed by atoms with Crippen molar-refractivity contribution in [2.75, 3.05) is 13.2 Å². The predicted octanol–water partition coefficient (Wildman–Crippen LogP) is 10.1. The minimum atomic E-state index is -0.397. The summed E-state index contributed by atoms with van der Waals surface area (Å²) < 4.78 is 6.29. The summed E-state index contributed by atoms with van der Waals surface area (Å²) in [7, 11) is 0. The summed E-state index contributed by atoms with van der Waals surface area (Å²) >= 11 is 0. The van der Waals surface area contributed by atoms with Crippen molar-refractivity contribution in [2.45, 2.75) is 85.0 Å². The van der Waals surface area contributed by atoms with E-state index in [1.165, 1.54) is 24.1 Å². The van der Waals surface area contributed by atoms with Gasteiger partial charge in [0.05, 0.1) is 23.5 Å². The molecule has 0 aromatic heterocycles. The van der Waals surface area contributed by atoms with Gasteiger partial charge in [0.25, 0.3) is 5.91 Å². The fourth-order valence-corrected chi connectivity index (χ4v) is 5.27. The first-order chi connectivity index (χ1) is 21.9. The Morgan fingerprint density at radius 3 is 2.13 bits per heavy atom. The topological polar surface area (TPSA) is 100 Å². The number of ketones is 1. The van der Waals surface area contributed by atoms with Gasteiger partial charge < -0.3 is 15.2 Å². The first-order valence-corrected chi connectivity index (χ1v) is 16.2. The number of hydrogen-bond donors (Lipinski definition) is 2. The third-order valence-corrected chi connectivity index (χ3v) is 9.16. The quantitative estimate of drug-likeness (QED) is 0.0831. The number of benzene rings is 4. The molecule has 7 heteroatoms. The van der Waals surface area contributed by atoms with Crippen LogP contribution in [0.1, 0.15) is 106 Å². The van der Waals surface area contributed by atoms with Crippen molar-refractivity contribution >= 4 is 33.8 Å². The average Bonchev–Trinajstić information content (AvgIpc) is 3.06. The fraction of sp³-hybridized carbons (Fsp3) is 0.385. The molecule has 0 heterocycles. The molecule has 0 fully saturated rings. The van der Waals surface area contributed by atoms with E-state index in [0.29, 0.717) is 47.3 Å². The van der Waals surface area contributed by atoms with Gasteiger partial charge in [0.1, 0.15) is 11.5 Å². The number of aromatic hydroxyl groups is 1. The molecule has 0 saturated carbocycles. The van der Waals surface area contributed by atoms with E-state index in [1.807, 2.05) is 12.1 Å². The van der Waals surface area contributed by atoms with Crippen LogP contribution in [0.15, 0.2) is 83.0 Å². The highest BCUT2D eigenvalue weighted by Gasteiger charge is 2.26. The van der Waals surface area contributed by atoms with Gasteiger partial charge in [0.15, 0.2) is 5.78 Å². The summed E-state index contributed by atoms with van der Waals surface area (Å²) in [5.41, 5.74) is 4.07. The Morgan fingerprint density at radius 1 is 0.783 bits per heavy atom. The minimum absolute atomic E-state index is 0.0137. The molecule has 0 aliphatic carbocycles. The number of hydrogen-bond acceptors (Lipinski definition) is 6. The lowest BCUT2D eigenvalue weighted by molar-refractivity contribution is 0.0949. The second-order valence-corrected chi connectivity index (χ2v) is 13.1. The molecule has 2 N–H and O–H groups in total. The number of rotatable bonds is 14. The van der Waals surface area contributed by atoms with E-state index in [4.69, 9.17) is 4.74 Å². The van der Waals surface area contributed by atoms with E-state index < -0.39 is 5.91 Å². The number of phenols is 1. The fourth-order valence-electron chi connectivity index (χ4n) is 5.27. The molecule has 46 heavy (non-hydrogen) atoms. The summed E-state index contributed by atoms with van der Waals surface area (Å²) in [5.74, 6) is 0.293. The molecule has 4 aromatic carbocycles. The third kappa shape index (κ3) is 7.82. The predicted molar refractivity (Wildman–Crippen MR) is 186 cm³/mol. The highest BCUT2D eigenvalue weighted by Crippen LogP contribution is 2.39. The molecule has 4 rings (SSSR count). The van der Waals surface area contributed by atoms with Crippen LogP contribution in [0.5, 0.6) is 11.5 Å². The van der Waals surface area contributed by atoms with Crippen LogP contribution in [0.2, 0.25) is 0 Å². The smallest absolute Gasteiger partial charge is 0.255 e. The van der Waals surface area contributed by atoms with Gasteiger partial charge in [0.2, 0.25) is 0 Å². The lowest BCUT2D eigenvalue weighted by Crippen LogP contribution is -2.25. The molecule has 0 spiro atoms. The molecule has 242 valence electrons. The van der Waals surface area contributed by atoms with Crippen molar-refractivity contribution in [1.82, 2.24) is 5.32 Å². The summed E-state index contributed by atoms with van der Waals surface area (Å²) in [4.78, 5) is 25.3. The summed E-state index contributed by atoms with van der Waals surface area (Å²) in [5, 5.41) is 23.8. The van der Waals surface area contributed by atoms with Gasteiger partial charge in [-0.05, 0) is 73.3 Å². The van der Waals surface area contributed by atoms with Crippen LogP contribution in [0, 0.1) is 0 Å². The van der Waals surface area contributed by atoms with Gasteiger partial charge in [-0.15, -0.1) is 10.2 Å². The number of azo groups is 1. The summed E-state index contributed by atoms with van der Waals surface area (Å²) in [6.07, 6.45) is 3.53. The van der Waals surface area contributed by atoms with Gasteiger partial charge in [0, 0.05) is 28.4 Å². The highest BCUT2D eigenvalue weighted by atomic mass is 16.5. The molecule has 0 atom stereocenters. The number of phenolic OH excluding ortho intramolecular Hbond substituents is 1. The molecular weight excluding hydrogens is 574 g/mol. The molecule has 0 saturated heterocycles. The monoisotopic (exact) mass is 621 g/mol. The number of nitrogens with zero attached hydrogens (tertiary/aromatic N) is 2. The Balaban J connectivity index is 1.43. The maximum atomic E-state index is 13.2. The van der Waals surface area contributed by atoms with Crippen molar-refractivity contribution in [3.63, 3.8) is 0 Å². The van der Waals surface area contributed by atoms with E-state index in [-0.39, 0.29) is 27.9 Å². The zero-order chi connectivity index (χ0) is 33.5. The van der Waals surface area contributed by atoms with Crippen LogP contribution in [-0.4, -0.2) is 29.9 Å². The van der Waals surface area contributed by atoms with Crippen LogP contribution >= 0.6 is 0 Å².